The third kappa shape index (κ3) is 4.77. The zero-order valence-electron chi connectivity index (χ0n) is 12.2. The number of aryl methyl sites for hydroxylation is 1. The van der Waals surface area contributed by atoms with Gasteiger partial charge in [0.1, 0.15) is 0 Å². The van der Waals surface area contributed by atoms with Crippen LogP contribution in [-0.4, -0.2) is 23.7 Å². The molecule has 5 nitrogen and oxygen atoms in total. The van der Waals surface area contributed by atoms with E-state index in [1.165, 1.54) is 24.0 Å². The second kappa shape index (κ2) is 7.67. The normalized spacial score (nSPS) is 13.3. The molecule has 114 valence electrons. The predicted octanol–water partition coefficient (Wildman–Crippen LogP) is 2.94. The Morgan fingerprint density at radius 1 is 1.14 bits per heavy atom. The van der Waals surface area contributed by atoms with Crippen LogP contribution in [-0.2, 0) is 17.6 Å². The van der Waals surface area contributed by atoms with Crippen LogP contribution in [0.15, 0.2) is 18.2 Å². The molecule has 21 heavy (non-hydrogen) atoms. The Morgan fingerprint density at radius 3 is 2.76 bits per heavy atom. The monoisotopic (exact) mass is 290 g/mol. The van der Waals surface area contributed by atoms with Gasteiger partial charge in [0.2, 0.25) is 0 Å². The number of carbonyl (C=O) groups is 2. The third-order valence-electron chi connectivity index (χ3n) is 3.75. The maximum atomic E-state index is 11.9. The molecule has 2 amide bonds. The average molecular weight is 290 g/mol. The molecule has 1 aromatic carbocycles. The number of fused-ring (bicyclic) bond motifs is 1. The van der Waals surface area contributed by atoms with Crippen molar-refractivity contribution in [2.75, 3.05) is 11.9 Å². The number of unbranched alkanes of at least 4 members (excludes halogenated alkanes) is 1. The van der Waals surface area contributed by atoms with Crippen LogP contribution in [0, 0.1) is 0 Å². The van der Waals surface area contributed by atoms with Crippen molar-refractivity contribution in [2.45, 2.75) is 44.9 Å². The summed E-state index contributed by atoms with van der Waals surface area (Å²) in [5.41, 5.74) is 3.49. The van der Waals surface area contributed by atoms with Crippen molar-refractivity contribution in [3.05, 3.63) is 29.3 Å². The molecular weight excluding hydrogens is 268 g/mol. The summed E-state index contributed by atoms with van der Waals surface area (Å²) in [6.07, 6.45) is 5.89. The van der Waals surface area contributed by atoms with Gasteiger partial charge in [-0.1, -0.05) is 12.1 Å². The van der Waals surface area contributed by atoms with E-state index in [-0.39, 0.29) is 12.5 Å². The van der Waals surface area contributed by atoms with E-state index in [9.17, 15) is 9.59 Å². The average Bonchev–Trinajstić information content (AvgIpc) is 2.47. The Balaban J connectivity index is 1.79. The van der Waals surface area contributed by atoms with Gasteiger partial charge >= 0.3 is 12.0 Å². The molecule has 3 N–H and O–H groups in total. The summed E-state index contributed by atoms with van der Waals surface area (Å²) in [5.74, 6) is -0.796. The minimum atomic E-state index is -0.796. The molecule has 0 aromatic heterocycles. The summed E-state index contributed by atoms with van der Waals surface area (Å²) in [6.45, 7) is 0.494. The molecule has 0 unspecified atom stereocenters. The van der Waals surface area contributed by atoms with E-state index in [0.29, 0.717) is 19.4 Å². The molecule has 0 spiro atoms. The van der Waals surface area contributed by atoms with Crippen LogP contribution in [0.5, 0.6) is 0 Å². The number of hydrogen-bond donors (Lipinski definition) is 3. The number of carboxylic acid groups (broad SMARTS) is 1. The van der Waals surface area contributed by atoms with Gasteiger partial charge in [0.05, 0.1) is 0 Å². The van der Waals surface area contributed by atoms with Crippen molar-refractivity contribution in [1.29, 1.82) is 0 Å². The highest BCUT2D eigenvalue weighted by Gasteiger charge is 2.14. The molecule has 0 radical (unpaired) electrons. The lowest BCUT2D eigenvalue weighted by Crippen LogP contribution is -2.30. The fraction of sp³-hybridized carbons (Fsp3) is 0.500. The van der Waals surface area contributed by atoms with Crippen molar-refractivity contribution >= 4 is 17.7 Å². The zero-order chi connectivity index (χ0) is 15.1. The maximum absolute atomic E-state index is 11.9. The van der Waals surface area contributed by atoms with Crippen LogP contribution in [0.1, 0.15) is 43.2 Å². The van der Waals surface area contributed by atoms with Crippen LogP contribution in [0.25, 0.3) is 0 Å². The van der Waals surface area contributed by atoms with Gasteiger partial charge < -0.3 is 15.7 Å². The number of benzene rings is 1. The molecule has 0 saturated carbocycles. The maximum Gasteiger partial charge on any atom is 0.319 e. The summed E-state index contributed by atoms with van der Waals surface area (Å²) in [5, 5.41) is 14.2. The fourth-order valence-electron chi connectivity index (χ4n) is 2.67. The molecule has 1 aliphatic rings. The minimum absolute atomic E-state index is 0.148. The SMILES string of the molecule is O=C(O)CCCCNC(=O)Nc1cccc2c1CCCC2. The van der Waals surface area contributed by atoms with E-state index in [4.69, 9.17) is 5.11 Å². The van der Waals surface area contributed by atoms with E-state index in [0.717, 1.165) is 18.5 Å². The van der Waals surface area contributed by atoms with Crippen LogP contribution in [0.3, 0.4) is 0 Å². The first-order chi connectivity index (χ1) is 10.2. The quantitative estimate of drug-likeness (QED) is 0.705. The van der Waals surface area contributed by atoms with E-state index in [1.54, 1.807) is 0 Å². The smallest absolute Gasteiger partial charge is 0.319 e. The molecular formula is C16H22N2O3. The second-order valence-electron chi connectivity index (χ2n) is 5.38. The van der Waals surface area contributed by atoms with Crippen molar-refractivity contribution in [1.82, 2.24) is 5.32 Å². The minimum Gasteiger partial charge on any atom is -0.481 e. The standard InChI is InChI=1S/C16H22N2O3/c19-15(20)10-3-4-11-17-16(21)18-14-9-5-7-12-6-1-2-8-13(12)14/h5,7,9H,1-4,6,8,10-11H2,(H,19,20)(H2,17,18,21). The fourth-order valence-corrected chi connectivity index (χ4v) is 2.67. The molecule has 2 rings (SSSR count). The van der Waals surface area contributed by atoms with Crippen LogP contribution in [0.4, 0.5) is 10.5 Å². The van der Waals surface area contributed by atoms with Gasteiger partial charge in [0.15, 0.2) is 0 Å². The van der Waals surface area contributed by atoms with Gasteiger partial charge in [0, 0.05) is 18.7 Å². The Hall–Kier alpha value is -2.04. The van der Waals surface area contributed by atoms with Crippen molar-refractivity contribution in [3.8, 4) is 0 Å². The molecule has 0 fully saturated rings. The Kier molecular flexibility index (Phi) is 5.60. The summed E-state index contributed by atoms with van der Waals surface area (Å²) in [7, 11) is 0. The summed E-state index contributed by atoms with van der Waals surface area (Å²) < 4.78 is 0. The lowest BCUT2D eigenvalue weighted by atomic mass is 9.90. The molecule has 0 saturated heterocycles. The van der Waals surface area contributed by atoms with E-state index >= 15 is 0 Å². The van der Waals surface area contributed by atoms with Gasteiger partial charge in [-0.25, -0.2) is 4.79 Å². The van der Waals surface area contributed by atoms with Gasteiger partial charge in [-0.2, -0.15) is 0 Å². The lowest BCUT2D eigenvalue weighted by molar-refractivity contribution is -0.137. The predicted molar refractivity (Wildman–Crippen MR) is 81.6 cm³/mol. The molecule has 0 heterocycles. The summed E-state index contributed by atoms with van der Waals surface area (Å²) in [6, 6.07) is 5.83. The lowest BCUT2D eigenvalue weighted by Gasteiger charge is -2.19. The largest absolute Gasteiger partial charge is 0.481 e. The number of carbonyl (C=O) groups excluding carboxylic acids is 1. The number of urea groups is 1. The molecule has 1 aromatic rings. The van der Waals surface area contributed by atoms with E-state index in [2.05, 4.69) is 16.7 Å². The molecule has 0 bridgehead atoms. The summed E-state index contributed by atoms with van der Waals surface area (Å²) >= 11 is 0. The van der Waals surface area contributed by atoms with Gasteiger partial charge in [-0.15, -0.1) is 0 Å². The highest BCUT2D eigenvalue weighted by Crippen LogP contribution is 2.27. The Labute approximate surface area is 124 Å². The molecule has 0 aliphatic heterocycles. The number of carboxylic acids is 1. The Bertz CT molecular complexity index is 514. The van der Waals surface area contributed by atoms with Gasteiger partial charge in [-0.3, -0.25) is 4.79 Å². The number of rotatable bonds is 6. The van der Waals surface area contributed by atoms with Gasteiger partial charge in [-0.05, 0) is 55.7 Å². The topological polar surface area (TPSA) is 78.4 Å². The number of aliphatic carboxylic acids is 1. The highest BCUT2D eigenvalue weighted by molar-refractivity contribution is 5.90. The number of amides is 2. The molecule has 5 heteroatoms. The second-order valence-corrected chi connectivity index (χ2v) is 5.38. The first-order valence-corrected chi connectivity index (χ1v) is 7.54. The van der Waals surface area contributed by atoms with Crippen molar-refractivity contribution in [3.63, 3.8) is 0 Å². The van der Waals surface area contributed by atoms with Crippen LogP contribution < -0.4 is 10.6 Å². The molecule has 1 aliphatic carbocycles. The number of hydrogen-bond acceptors (Lipinski definition) is 2. The van der Waals surface area contributed by atoms with Crippen LogP contribution >= 0.6 is 0 Å². The zero-order valence-corrected chi connectivity index (χ0v) is 12.2. The third-order valence-corrected chi connectivity index (χ3v) is 3.75. The van der Waals surface area contributed by atoms with E-state index in [1.807, 2.05) is 12.1 Å². The molecule has 0 atom stereocenters. The summed E-state index contributed by atoms with van der Waals surface area (Å²) in [4.78, 5) is 22.2. The van der Waals surface area contributed by atoms with Crippen molar-refractivity contribution in [2.24, 2.45) is 0 Å². The highest BCUT2D eigenvalue weighted by atomic mass is 16.4. The number of anilines is 1. The van der Waals surface area contributed by atoms with Crippen LogP contribution in [0.2, 0.25) is 0 Å². The Morgan fingerprint density at radius 2 is 1.95 bits per heavy atom. The number of nitrogens with one attached hydrogen (secondary N) is 2. The first-order valence-electron chi connectivity index (χ1n) is 7.54. The van der Waals surface area contributed by atoms with Crippen molar-refractivity contribution < 1.29 is 14.7 Å². The first kappa shape index (κ1) is 15.4. The van der Waals surface area contributed by atoms with Gasteiger partial charge in [0.25, 0.3) is 0 Å². The van der Waals surface area contributed by atoms with E-state index < -0.39 is 5.97 Å².